The number of aromatic amines is 1. The highest BCUT2D eigenvalue weighted by Gasteiger charge is 2.02. The lowest BCUT2D eigenvalue weighted by Gasteiger charge is -1.92. The Morgan fingerprint density at radius 2 is 2.30 bits per heavy atom. The summed E-state index contributed by atoms with van der Waals surface area (Å²) < 4.78 is 21.4. The van der Waals surface area contributed by atoms with Crippen molar-refractivity contribution in [1.29, 1.82) is 0 Å². The van der Waals surface area contributed by atoms with Gasteiger partial charge in [-0.25, -0.2) is 8.42 Å². The van der Waals surface area contributed by atoms with Crippen LogP contribution in [0.1, 0.15) is 5.69 Å². The zero-order chi connectivity index (χ0) is 7.61. The van der Waals surface area contributed by atoms with E-state index >= 15 is 0 Å². The molecule has 0 bridgehead atoms. The summed E-state index contributed by atoms with van der Waals surface area (Å²) in [6, 6.07) is 3.53. The molecule has 0 fully saturated rings. The van der Waals surface area contributed by atoms with E-state index in [1.807, 2.05) is 0 Å². The van der Waals surface area contributed by atoms with Gasteiger partial charge in [-0.05, 0) is 12.1 Å². The molecule has 0 spiro atoms. The zero-order valence-corrected chi connectivity index (χ0v) is 6.48. The van der Waals surface area contributed by atoms with E-state index < -0.39 is 9.84 Å². The lowest BCUT2D eigenvalue weighted by Crippen LogP contribution is -2.00. The lowest BCUT2D eigenvalue weighted by molar-refractivity contribution is 0.600. The normalized spacial score (nSPS) is 11.7. The minimum absolute atomic E-state index is 0.0972. The van der Waals surface area contributed by atoms with E-state index in [1.54, 1.807) is 18.3 Å². The molecular weight excluding hydrogens is 150 g/mol. The van der Waals surface area contributed by atoms with Crippen molar-refractivity contribution in [3.8, 4) is 0 Å². The summed E-state index contributed by atoms with van der Waals surface area (Å²) in [4.78, 5) is 2.81. The molecule has 1 aromatic rings. The Kier molecular flexibility index (Phi) is 1.80. The Hall–Kier alpha value is -0.770. The fraction of sp³-hybridized carbons (Fsp3) is 0.333. The fourth-order valence-electron chi connectivity index (χ4n) is 0.740. The van der Waals surface area contributed by atoms with Gasteiger partial charge in [-0.1, -0.05) is 0 Å². The number of aromatic nitrogens is 1. The van der Waals surface area contributed by atoms with Gasteiger partial charge in [0.2, 0.25) is 0 Å². The SMILES string of the molecule is CS(=O)(=O)Cc1ccc[nH]1. The predicted molar refractivity (Wildman–Crippen MR) is 39.3 cm³/mol. The first-order valence-electron chi connectivity index (χ1n) is 2.88. The third-order valence-corrected chi connectivity index (χ3v) is 1.92. The Balaban J connectivity index is 2.75. The van der Waals surface area contributed by atoms with Crippen molar-refractivity contribution in [3.63, 3.8) is 0 Å². The van der Waals surface area contributed by atoms with Gasteiger partial charge in [0.1, 0.15) is 0 Å². The largest absolute Gasteiger partial charge is 0.364 e. The van der Waals surface area contributed by atoms with Crippen LogP contribution in [0.3, 0.4) is 0 Å². The minimum atomic E-state index is -2.88. The third kappa shape index (κ3) is 2.23. The molecule has 1 rings (SSSR count). The van der Waals surface area contributed by atoms with E-state index in [9.17, 15) is 8.42 Å². The molecular formula is C6H9NO2S. The van der Waals surface area contributed by atoms with Crippen LogP contribution in [-0.2, 0) is 15.6 Å². The van der Waals surface area contributed by atoms with Gasteiger partial charge < -0.3 is 4.98 Å². The van der Waals surface area contributed by atoms with Crippen molar-refractivity contribution in [2.75, 3.05) is 6.26 Å². The smallest absolute Gasteiger partial charge is 0.153 e. The molecule has 56 valence electrons. The molecule has 0 unspecified atom stereocenters. The summed E-state index contributed by atoms with van der Waals surface area (Å²) in [5, 5.41) is 0. The summed E-state index contributed by atoms with van der Waals surface area (Å²) >= 11 is 0. The van der Waals surface area contributed by atoms with Crippen LogP contribution in [0.2, 0.25) is 0 Å². The molecule has 0 aromatic carbocycles. The van der Waals surface area contributed by atoms with Crippen molar-refractivity contribution >= 4 is 9.84 Å². The molecule has 3 nitrogen and oxygen atoms in total. The van der Waals surface area contributed by atoms with E-state index in [1.165, 1.54) is 6.26 Å². The molecule has 0 atom stereocenters. The topological polar surface area (TPSA) is 49.9 Å². The van der Waals surface area contributed by atoms with Crippen LogP contribution < -0.4 is 0 Å². The van der Waals surface area contributed by atoms with Crippen LogP contribution in [0.4, 0.5) is 0 Å². The summed E-state index contributed by atoms with van der Waals surface area (Å²) in [7, 11) is -2.88. The molecule has 0 saturated carbocycles. The van der Waals surface area contributed by atoms with Gasteiger partial charge in [0.05, 0.1) is 5.75 Å². The molecule has 0 aliphatic rings. The van der Waals surface area contributed by atoms with E-state index in [-0.39, 0.29) is 5.75 Å². The van der Waals surface area contributed by atoms with Crippen LogP contribution in [-0.4, -0.2) is 19.7 Å². The number of sulfone groups is 1. The van der Waals surface area contributed by atoms with Crippen LogP contribution in [0, 0.1) is 0 Å². The highest BCUT2D eigenvalue weighted by molar-refractivity contribution is 7.89. The molecule has 0 aliphatic heterocycles. The van der Waals surface area contributed by atoms with Crippen molar-refractivity contribution in [2.45, 2.75) is 5.75 Å². The first kappa shape index (κ1) is 7.34. The van der Waals surface area contributed by atoms with Gasteiger partial charge in [0.25, 0.3) is 0 Å². The maximum absolute atomic E-state index is 10.7. The quantitative estimate of drug-likeness (QED) is 0.685. The highest BCUT2D eigenvalue weighted by Crippen LogP contribution is 1.99. The van der Waals surface area contributed by atoms with Gasteiger partial charge in [-0.2, -0.15) is 0 Å². The monoisotopic (exact) mass is 159 g/mol. The molecule has 1 heterocycles. The minimum Gasteiger partial charge on any atom is -0.364 e. The van der Waals surface area contributed by atoms with E-state index in [0.717, 1.165) is 5.69 Å². The molecule has 1 N–H and O–H groups in total. The van der Waals surface area contributed by atoms with Gasteiger partial charge in [-0.3, -0.25) is 0 Å². The molecule has 1 aromatic heterocycles. The van der Waals surface area contributed by atoms with Gasteiger partial charge >= 0.3 is 0 Å². The van der Waals surface area contributed by atoms with Crippen molar-refractivity contribution in [1.82, 2.24) is 4.98 Å². The van der Waals surface area contributed by atoms with Crippen LogP contribution >= 0.6 is 0 Å². The number of H-pyrrole nitrogens is 1. The van der Waals surface area contributed by atoms with Gasteiger partial charge in [-0.15, -0.1) is 0 Å². The average molecular weight is 159 g/mol. The zero-order valence-electron chi connectivity index (χ0n) is 5.66. The number of nitrogens with one attached hydrogen (secondary N) is 1. The Bertz CT molecular complexity index is 286. The van der Waals surface area contributed by atoms with E-state index in [0.29, 0.717) is 0 Å². The first-order chi connectivity index (χ1) is 4.58. The third-order valence-electron chi connectivity index (χ3n) is 1.08. The summed E-state index contributed by atoms with van der Waals surface area (Å²) in [5.41, 5.74) is 0.738. The second-order valence-corrected chi connectivity index (χ2v) is 4.41. The number of hydrogen-bond donors (Lipinski definition) is 1. The second-order valence-electron chi connectivity index (χ2n) is 2.27. The van der Waals surface area contributed by atoms with Crippen molar-refractivity contribution in [2.24, 2.45) is 0 Å². The molecule has 10 heavy (non-hydrogen) atoms. The standard InChI is InChI=1S/C6H9NO2S/c1-10(8,9)5-6-3-2-4-7-6/h2-4,7H,5H2,1H3. The molecule has 0 aliphatic carbocycles. The maximum atomic E-state index is 10.7. The second kappa shape index (κ2) is 2.46. The summed E-state index contributed by atoms with van der Waals surface area (Å²) in [6.45, 7) is 0. The molecule has 0 saturated heterocycles. The van der Waals surface area contributed by atoms with Crippen molar-refractivity contribution in [3.05, 3.63) is 24.0 Å². The highest BCUT2D eigenvalue weighted by atomic mass is 32.2. The van der Waals surface area contributed by atoms with Crippen LogP contribution in [0.25, 0.3) is 0 Å². The Labute approximate surface area is 60.0 Å². The summed E-state index contributed by atoms with van der Waals surface area (Å²) in [5.74, 6) is 0.0972. The van der Waals surface area contributed by atoms with Crippen LogP contribution in [0.15, 0.2) is 18.3 Å². The molecule has 0 radical (unpaired) electrons. The van der Waals surface area contributed by atoms with Crippen LogP contribution in [0.5, 0.6) is 0 Å². The summed E-state index contributed by atoms with van der Waals surface area (Å²) in [6.07, 6.45) is 2.92. The average Bonchev–Trinajstić information content (AvgIpc) is 2.12. The van der Waals surface area contributed by atoms with E-state index in [2.05, 4.69) is 4.98 Å². The van der Waals surface area contributed by atoms with E-state index in [4.69, 9.17) is 0 Å². The molecule has 4 heteroatoms. The van der Waals surface area contributed by atoms with Gasteiger partial charge in [0.15, 0.2) is 9.84 Å². The first-order valence-corrected chi connectivity index (χ1v) is 4.94. The fourth-order valence-corrected chi connectivity index (χ4v) is 1.48. The Morgan fingerprint density at radius 3 is 2.70 bits per heavy atom. The maximum Gasteiger partial charge on any atom is 0.153 e. The number of hydrogen-bond acceptors (Lipinski definition) is 2. The Morgan fingerprint density at radius 1 is 1.60 bits per heavy atom. The van der Waals surface area contributed by atoms with Crippen molar-refractivity contribution < 1.29 is 8.42 Å². The predicted octanol–water partition coefficient (Wildman–Crippen LogP) is 0.559. The lowest BCUT2D eigenvalue weighted by atomic mass is 10.5. The molecule has 0 amide bonds. The van der Waals surface area contributed by atoms with Gasteiger partial charge in [0, 0.05) is 18.1 Å². The number of rotatable bonds is 2.